The Morgan fingerprint density at radius 2 is 2.21 bits per heavy atom. The van der Waals surface area contributed by atoms with Crippen LogP contribution in [0.15, 0.2) is 23.1 Å². The van der Waals surface area contributed by atoms with Crippen molar-refractivity contribution < 1.29 is 12.8 Å². The van der Waals surface area contributed by atoms with E-state index in [-0.39, 0.29) is 15.8 Å². The highest BCUT2D eigenvalue weighted by molar-refractivity contribution is 8.06. The first-order valence-corrected chi connectivity index (χ1v) is 9.42. The van der Waals surface area contributed by atoms with Gasteiger partial charge in [-0.2, -0.15) is 23.5 Å². The van der Waals surface area contributed by atoms with Crippen LogP contribution >= 0.6 is 23.5 Å². The highest BCUT2D eigenvalue weighted by atomic mass is 32.2. The summed E-state index contributed by atoms with van der Waals surface area (Å²) < 4.78 is 39.6. The number of halogens is 1. The van der Waals surface area contributed by atoms with Crippen molar-refractivity contribution in [3.63, 3.8) is 0 Å². The molecule has 1 aliphatic heterocycles. The van der Waals surface area contributed by atoms with Gasteiger partial charge in [-0.15, -0.1) is 0 Å². The van der Waals surface area contributed by atoms with Crippen molar-refractivity contribution in [2.45, 2.75) is 10.1 Å². The number of anilines is 1. The number of benzene rings is 1. The molecular formula is C11H15FN2O2S3. The maximum absolute atomic E-state index is 13.0. The molecule has 0 radical (unpaired) electrons. The molecule has 1 aliphatic rings. The number of nitrogen functional groups attached to an aromatic ring is 1. The number of rotatable bonds is 4. The SMILES string of the molecule is Nc1cc(S(=O)(=O)NCC2CSCCS2)ccc1F. The Labute approximate surface area is 120 Å². The third-order valence-corrected chi connectivity index (χ3v) is 6.93. The topological polar surface area (TPSA) is 72.2 Å². The molecule has 106 valence electrons. The Morgan fingerprint density at radius 3 is 2.84 bits per heavy atom. The van der Waals surface area contributed by atoms with Crippen molar-refractivity contribution in [1.82, 2.24) is 4.72 Å². The second-order valence-corrected chi connectivity index (χ2v) is 8.43. The van der Waals surface area contributed by atoms with E-state index < -0.39 is 15.8 Å². The summed E-state index contributed by atoms with van der Waals surface area (Å²) >= 11 is 3.60. The van der Waals surface area contributed by atoms with Crippen LogP contribution in [0.25, 0.3) is 0 Å². The summed E-state index contributed by atoms with van der Waals surface area (Å²) in [5.41, 5.74) is 5.22. The second kappa shape index (κ2) is 6.34. The largest absolute Gasteiger partial charge is 0.396 e. The number of sulfonamides is 1. The minimum atomic E-state index is -3.62. The molecule has 1 heterocycles. The van der Waals surface area contributed by atoms with Crippen molar-refractivity contribution in [3.8, 4) is 0 Å². The summed E-state index contributed by atoms with van der Waals surface area (Å²) in [6.07, 6.45) is 0. The zero-order chi connectivity index (χ0) is 13.9. The molecule has 19 heavy (non-hydrogen) atoms. The molecule has 0 spiro atoms. The molecule has 3 N–H and O–H groups in total. The van der Waals surface area contributed by atoms with E-state index in [1.165, 1.54) is 6.07 Å². The predicted octanol–water partition coefficient (Wildman–Crippen LogP) is 1.53. The van der Waals surface area contributed by atoms with Gasteiger partial charge in [0, 0.05) is 29.1 Å². The molecule has 0 amide bonds. The van der Waals surface area contributed by atoms with Gasteiger partial charge in [0.05, 0.1) is 10.6 Å². The van der Waals surface area contributed by atoms with Gasteiger partial charge in [0.15, 0.2) is 0 Å². The minimum absolute atomic E-state index is 0.000127. The van der Waals surface area contributed by atoms with E-state index in [0.717, 1.165) is 29.4 Å². The molecule has 1 saturated heterocycles. The van der Waals surface area contributed by atoms with Crippen LogP contribution in [-0.4, -0.2) is 37.5 Å². The number of hydrogen-bond donors (Lipinski definition) is 2. The Bertz CT molecular complexity index is 545. The first kappa shape index (κ1) is 15.0. The number of hydrogen-bond acceptors (Lipinski definition) is 5. The average molecular weight is 322 g/mol. The van der Waals surface area contributed by atoms with E-state index in [0.29, 0.717) is 6.54 Å². The predicted molar refractivity (Wildman–Crippen MR) is 79.6 cm³/mol. The van der Waals surface area contributed by atoms with Gasteiger partial charge in [0.2, 0.25) is 10.0 Å². The molecule has 1 unspecified atom stereocenters. The van der Waals surface area contributed by atoms with Crippen molar-refractivity contribution in [2.75, 3.05) is 29.5 Å². The van der Waals surface area contributed by atoms with Crippen LogP contribution in [0.1, 0.15) is 0 Å². The average Bonchev–Trinajstić information content (AvgIpc) is 2.41. The van der Waals surface area contributed by atoms with E-state index in [4.69, 9.17) is 5.73 Å². The van der Waals surface area contributed by atoms with Crippen LogP contribution in [-0.2, 0) is 10.0 Å². The standard InChI is InChI=1S/C11H15FN2O2S3/c12-10-2-1-9(5-11(10)13)19(15,16)14-6-8-7-17-3-4-18-8/h1-2,5,8,14H,3-4,6-7,13H2. The Kier molecular flexibility index (Phi) is 4.99. The lowest BCUT2D eigenvalue weighted by atomic mass is 10.3. The molecule has 4 nitrogen and oxygen atoms in total. The van der Waals surface area contributed by atoms with Crippen LogP contribution in [0.3, 0.4) is 0 Å². The molecule has 1 atom stereocenters. The van der Waals surface area contributed by atoms with E-state index in [2.05, 4.69) is 4.72 Å². The smallest absolute Gasteiger partial charge is 0.240 e. The van der Waals surface area contributed by atoms with E-state index >= 15 is 0 Å². The van der Waals surface area contributed by atoms with Crippen LogP contribution in [0.4, 0.5) is 10.1 Å². The van der Waals surface area contributed by atoms with Gasteiger partial charge in [0.25, 0.3) is 0 Å². The molecular weight excluding hydrogens is 307 g/mol. The maximum atomic E-state index is 13.0. The Hall–Kier alpha value is -0.440. The first-order valence-electron chi connectivity index (χ1n) is 5.73. The van der Waals surface area contributed by atoms with Gasteiger partial charge in [0.1, 0.15) is 5.82 Å². The molecule has 0 aliphatic carbocycles. The minimum Gasteiger partial charge on any atom is -0.396 e. The van der Waals surface area contributed by atoms with Gasteiger partial charge in [-0.3, -0.25) is 0 Å². The van der Waals surface area contributed by atoms with Gasteiger partial charge in [-0.05, 0) is 18.2 Å². The van der Waals surface area contributed by atoms with E-state index in [9.17, 15) is 12.8 Å². The highest BCUT2D eigenvalue weighted by Gasteiger charge is 2.20. The summed E-state index contributed by atoms with van der Waals surface area (Å²) in [5, 5.41) is 0.284. The Balaban J connectivity index is 2.02. The summed E-state index contributed by atoms with van der Waals surface area (Å²) in [6.45, 7) is 0.386. The first-order chi connectivity index (χ1) is 8.99. The van der Waals surface area contributed by atoms with E-state index in [1.54, 1.807) is 11.8 Å². The zero-order valence-electron chi connectivity index (χ0n) is 10.1. The summed E-state index contributed by atoms with van der Waals surface area (Å²) in [7, 11) is -3.62. The summed E-state index contributed by atoms with van der Waals surface area (Å²) in [6, 6.07) is 3.42. The number of thioether (sulfide) groups is 2. The van der Waals surface area contributed by atoms with Crippen molar-refractivity contribution >= 4 is 39.2 Å². The van der Waals surface area contributed by atoms with Crippen LogP contribution in [0.5, 0.6) is 0 Å². The quantitative estimate of drug-likeness (QED) is 0.823. The lowest BCUT2D eigenvalue weighted by molar-refractivity contribution is 0.581. The van der Waals surface area contributed by atoms with Gasteiger partial charge >= 0.3 is 0 Å². The second-order valence-electron chi connectivity index (χ2n) is 4.10. The Morgan fingerprint density at radius 1 is 1.42 bits per heavy atom. The maximum Gasteiger partial charge on any atom is 0.240 e. The van der Waals surface area contributed by atoms with Crippen LogP contribution in [0.2, 0.25) is 0 Å². The molecule has 0 aromatic heterocycles. The molecule has 2 rings (SSSR count). The van der Waals surface area contributed by atoms with Crippen molar-refractivity contribution in [2.24, 2.45) is 0 Å². The molecule has 1 aromatic rings. The summed E-state index contributed by atoms with van der Waals surface area (Å²) in [5.74, 6) is 2.49. The normalized spacial score (nSPS) is 20.4. The molecule has 1 fully saturated rings. The zero-order valence-corrected chi connectivity index (χ0v) is 12.6. The third-order valence-electron chi connectivity index (χ3n) is 2.66. The molecule has 0 saturated carbocycles. The number of nitrogens with one attached hydrogen (secondary N) is 1. The fourth-order valence-electron chi connectivity index (χ4n) is 1.63. The lowest BCUT2D eigenvalue weighted by Crippen LogP contribution is -2.33. The van der Waals surface area contributed by atoms with Gasteiger partial charge in [-0.25, -0.2) is 17.5 Å². The van der Waals surface area contributed by atoms with Gasteiger partial charge in [-0.1, -0.05) is 0 Å². The highest BCUT2D eigenvalue weighted by Crippen LogP contribution is 2.24. The fraction of sp³-hybridized carbons (Fsp3) is 0.455. The van der Waals surface area contributed by atoms with Crippen LogP contribution in [0, 0.1) is 5.82 Å². The van der Waals surface area contributed by atoms with Gasteiger partial charge < -0.3 is 5.73 Å². The summed E-state index contributed by atoms with van der Waals surface area (Å²) in [4.78, 5) is -0.000127. The fourth-order valence-corrected chi connectivity index (χ4v) is 5.46. The van der Waals surface area contributed by atoms with Crippen molar-refractivity contribution in [1.29, 1.82) is 0 Å². The van der Waals surface area contributed by atoms with Crippen LogP contribution < -0.4 is 10.5 Å². The van der Waals surface area contributed by atoms with E-state index in [1.807, 2.05) is 11.8 Å². The molecule has 8 heteroatoms. The molecule has 0 bridgehead atoms. The van der Waals surface area contributed by atoms with Crippen molar-refractivity contribution in [3.05, 3.63) is 24.0 Å². The molecule has 1 aromatic carbocycles. The number of nitrogens with two attached hydrogens (primary N) is 1. The third kappa shape index (κ3) is 4.01. The monoisotopic (exact) mass is 322 g/mol. The lowest BCUT2D eigenvalue weighted by Gasteiger charge is -2.21.